The highest BCUT2D eigenvalue weighted by molar-refractivity contribution is 8.17. The van der Waals surface area contributed by atoms with Crippen LogP contribution in [0.1, 0.15) is 18.5 Å². The number of carbonyl (C=O) groups is 1. The predicted octanol–water partition coefficient (Wildman–Crippen LogP) is 5.02. The van der Waals surface area contributed by atoms with Crippen molar-refractivity contribution >= 4 is 51.7 Å². The molecule has 0 unspecified atom stereocenters. The normalized spacial score (nSPS) is 18.1. The monoisotopic (exact) mass is 455 g/mol. The number of allylic oxidation sites excluding steroid dienone is 2. The van der Waals surface area contributed by atoms with Gasteiger partial charge in [0.25, 0.3) is 5.91 Å². The number of amidine groups is 1. The number of nitrogens with two attached hydrogens (primary N) is 1. The van der Waals surface area contributed by atoms with Crippen LogP contribution in [0.15, 0.2) is 75.5 Å². The Balaban J connectivity index is 1.86. The van der Waals surface area contributed by atoms with E-state index in [9.17, 15) is 10.1 Å². The third-order valence-electron chi connectivity index (χ3n) is 4.71. The number of nitrogens with one attached hydrogen (secondary N) is 1. The van der Waals surface area contributed by atoms with Crippen LogP contribution in [0.3, 0.4) is 0 Å². The van der Waals surface area contributed by atoms with Gasteiger partial charge in [-0.1, -0.05) is 47.5 Å². The zero-order chi connectivity index (χ0) is 21.4. The Hall–Kier alpha value is -2.92. The van der Waals surface area contributed by atoms with E-state index in [1.54, 1.807) is 42.2 Å². The molecule has 150 valence electrons. The van der Waals surface area contributed by atoms with Crippen LogP contribution < -0.4 is 11.1 Å². The number of thioether (sulfide) groups is 1. The fourth-order valence-corrected chi connectivity index (χ4v) is 4.80. The molecule has 0 aliphatic carbocycles. The summed E-state index contributed by atoms with van der Waals surface area (Å²) in [4.78, 5) is 19.9. The second-order valence-electron chi connectivity index (χ2n) is 6.58. The van der Waals surface area contributed by atoms with E-state index in [0.29, 0.717) is 42.6 Å². The lowest BCUT2D eigenvalue weighted by Gasteiger charge is -2.35. The van der Waals surface area contributed by atoms with Gasteiger partial charge in [0.05, 0.1) is 17.3 Å². The minimum atomic E-state index is -0.663. The van der Waals surface area contributed by atoms with E-state index in [1.807, 2.05) is 18.2 Å². The van der Waals surface area contributed by atoms with Crippen LogP contribution in [0, 0.1) is 11.3 Å². The number of hydrogen-bond acceptors (Lipinski definition) is 6. The van der Waals surface area contributed by atoms with Crippen molar-refractivity contribution in [3.8, 4) is 6.07 Å². The van der Waals surface area contributed by atoms with Crippen molar-refractivity contribution in [2.75, 3.05) is 5.32 Å². The van der Waals surface area contributed by atoms with Crippen molar-refractivity contribution in [1.82, 2.24) is 4.90 Å². The molecule has 1 amide bonds. The number of nitriles is 1. The zero-order valence-corrected chi connectivity index (χ0v) is 18.0. The minimum absolute atomic E-state index is 0.231. The molecule has 0 fully saturated rings. The van der Waals surface area contributed by atoms with E-state index in [-0.39, 0.29) is 11.7 Å². The van der Waals surface area contributed by atoms with E-state index in [1.165, 1.54) is 11.8 Å². The number of rotatable bonds is 3. The van der Waals surface area contributed by atoms with Crippen LogP contribution in [-0.4, -0.2) is 16.0 Å². The van der Waals surface area contributed by atoms with Crippen molar-refractivity contribution in [2.24, 2.45) is 10.7 Å². The van der Waals surface area contributed by atoms with Crippen molar-refractivity contribution in [2.45, 2.75) is 13.0 Å². The largest absolute Gasteiger partial charge is 0.383 e. The maximum absolute atomic E-state index is 13.3. The van der Waals surface area contributed by atoms with Crippen molar-refractivity contribution in [1.29, 1.82) is 5.26 Å². The van der Waals surface area contributed by atoms with Gasteiger partial charge in [0.2, 0.25) is 0 Å². The molecule has 2 aromatic carbocycles. The summed E-state index contributed by atoms with van der Waals surface area (Å²) in [6.07, 6.45) is 0. The van der Waals surface area contributed by atoms with Gasteiger partial charge in [-0.05, 0) is 48.5 Å². The van der Waals surface area contributed by atoms with Gasteiger partial charge >= 0.3 is 0 Å². The smallest absolute Gasteiger partial charge is 0.255 e. The van der Waals surface area contributed by atoms with Crippen LogP contribution in [-0.2, 0) is 4.79 Å². The molecule has 2 aliphatic rings. The van der Waals surface area contributed by atoms with Crippen LogP contribution in [0.25, 0.3) is 0 Å². The van der Waals surface area contributed by atoms with E-state index in [0.717, 1.165) is 0 Å². The summed E-state index contributed by atoms with van der Waals surface area (Å²) in [7, 11) is 0. The molecule has 6 nitrogen and oxygen atoms in total. The number of fused-ring (bicyclic) bond motifs is 1. The van der Waals surface area contributed by atoms with Gasteiger partial charge in [-0.3, -0.25) is 9.69 Å². The third-order valence-corrected chi connectivity index (χ3v) is 6.25. The van der Waals surface area contributed by atoms with Crippen LogP contribution >= 0.6 is 35.0 Å². The number of carbonyl (C=O) groups excluding carboxylic acids is 1. The first-order chi connectivity index (χ1) is 14.4. The molecule has 3 N–H and O–H groups in total. The topological polar surface area (TPSA) is 94.5 Å². The lowest BCUT2D eigenvalue weighted by Crippen LogP contribution is -2.39. The highest BCUT2D eigenvalue weighted by atomic mass is 35.5. The summed E-state index contributed by atoms with van der Waals surface area (Å²) in [5.41, 5.74) is 8.45. The van der Waals surface area contributed by atoms with Gasteiger partial charge < -0.3 is 11.1 Å². The number of hydrogen-bond donors (Lipinski definition) is 2. The molecule has 0 radical (unpaired) electrons. The average Bonchev–Trinajstić information content (AvgIpc) is 3.03. The average molecular weight is 456 g/mol. The summed E-state index contributed by atoms with van der Waals surface area (Å²) in [6.45, 7) is 1.75. The Labute approximate surface area is 187 Å². The number of benzene rings is 2. The number of aliphatic imine (C=N–C) groups is 1. The molecule has 0 saturated heterocycles. The molecule has 2 aromatic rings. The lowest BCUT2D eigenvalue weighted by atomic mass is 9.93. The van der Waals surface area contributed by atoms with Crippen LogP contribution in [0.4, 0.5) is 5.69 Å². The Kier molecular flexibility index (Phi) is 5.48. The number of nitrogens with zero attached hydrogens (tertiary/aromatic N) is 3. The van der Waals surface area contributed by atoms with E-state index < -0.39 is 6.04 Å². The second-order valence-corrected chi connectivity index (χ2v) is 8.40. The Morgan fingerprint density at radius 1 is 1.27 bits per heavy atom. The Bertz CT molecular complexity index is 1180. The summed E-state index contributed by atoms with van der Waals surface area (Å²) in [5, 5.41) is 13.7. The standard InChI is InChI=1S/C21H15Cl2N5OS/c1-11-17(20(29)27-13-5-3-2-4-6-13)18(14-8-7-12(22)9-15(14)23)28-19(25)16(10-24)30-21(28)26-11/h2-9,18H,25H2,1H3,(H,27,29)/t18-/m1/s1. The van der Waals surface area contributed by atoms with Crippen molar-refractivity contribution in [3.63, 3.8) is 0 Å². The first kappa shape index (κ1) is 20.4. The van der Waals surface area contributed by atoms with Crippen molar-refractivity contribution < 1.29 is 4.79 Å². The maximum Gasteiger partial charge on any atom is 0.255 e. The minimum Gasteiger partial charge on any atom is -0.383 e. The molecule has 30 heavy (non-hydrogen) atoms. The quantitative estimate of drug-likeness (QED) is 0.677. The molecule has 2 aliphatic heterocycles. The summed E-state index contributed by atoms with van der Waals surface area (Å²) < 4.78 is 0. The molecule has 9 heteroatoms. The van der Waals surface area contributed by atoms with E-state index in [4.69, 9.17) is 28.9 Å². The molecule has 1 atom stereocenters. The predicted molar refractivity (Wildman–Crippen MR) is 121 cm³/mol. The number of anilines is 1. The summed E-state index contributed by atoms with van der Waals surface area (Å²) in [5.74, 6) is -0.101. The van der Waals surface area contributed by atoms with Crippen molar-refractivity contribution in [3.05, 3.63) is 86.1 Å². The first-order valence-corrected chi connectivity index (χ1v) is 10.5. The first-order valence-electron chi connectivity index (χ1n) is 8.88. The molecule has 0 aromatic heterocycles. The van der Waals surface area contributed by atoms with E-state index in [2.05, 4.69) is 16.4 Å². The lowest BCUT2D eigenvalue weighted by molar-refractivity contribution is -0.113. The molecule has 0 saturated carbocycles. The highest BCUT2D eigenvalue weighted by Crippen LogP contribution is 2.47. The fourth-order valence-electron chi connectivity index (χ4n) is 3.37. The number of halogens is 2. The zero-order valence-electron chi connectivity index (χ0n) is 15.7. The summed E-state index contributed by atoms with van der Waals surface area (Å²) >= 11 is 13.8. The Morgan fingerprint density at radius 3 is 2.67 bits per heavy atom. The number of amides is 1. The fraction of sp³-hybridized carbons (Fsp3) is 0.0952. The van der Waals surface area contributed by atoms with Gasteiger partial charge in [-0.15, -0.1) is 0 Å². The molecule has 2 heterocycles. The van der Waals surface area contributed by atoms with Gasteiger partial charge in [-0.25, -0.2) is 4.99 Å². The van der Waals surface area contributed by atoms with Crippen LogP contribution in [0.5, 0.6) is 0 Å². The molecule has 0 spiro atoms. The van der Waals surface area contributed by atoms with Gasteiger partial charge in [0.1, 0.15) is 16.8 Å². The SMILES string of the molecule is CC1=C(C(=O)Nc2ccccc2)[C@@H](c2ccc(Cl)cc2Cl)N2C(=N1)SC(C#N)=C2N. The third kappa shape index (κ3) is 3.54. The molecule has 4 rings (SSSR count). The summed E-state index contributed by atoms with van der Waals surface area (Å²) in [6, 6.07) is 15.6. The maximum atomic E-state index is 13.3. The number of para-hydroxylation sites is 1. The molecular formula is C21H15Cl2N5OS. The van der Waals surface area contributed by atoms with Gasteiger partial charge in [0.15, 0.2) is 5.17 Å². The highest BCUT2D eigenvalue weighted by Gasteiger charge is 2.42. The van der Waals surface area contributed by atoms with E-state index >= 15 is 0 Å². The van der Waals surface area contributed by atoms with Crippen LogP contribution in [0.2, 0.25) is 10.0 Å². The molecular weight excluding hydrogens is 441 g/mol. The van der Waals surface area contributed by atoms with Gasteiger partial charge in [0, 0.05) is 15.7 Å². The van der Waals surface area contributed by atoms with Gasteiger partial charge in [-0.2, -0.15) is 5.26 Å². The molecule has 0 bridgehead atoms. The second kappa shape index (κ2) is 8.07. The Morgan fingerprint density at radius 2 is 2.00 bits per heavy atom.